The first kappa shape index (κ1) is 15.0. The van der Waals surface area contributed by atoms with Gasteiger partial charge in [0, 0.05) is 37.8 Å². The van der Waals surface area contributed by atoms with Crippen LogP contribution in [0.4, 0.5) is 11.6 Å². The van der Waals surface area contributed by atoms with Crippen LogP contribution < -0.4 is 10.6 Å². The van der Waals surface area contributed by atoms with Crippen LogP contribution in [-0.2, 0) is 4.74 Å². The van der Waals surface area contributed by atoms with Crippen LogP contribution in [0.15, 0.2) is 0 Å². The maximum Gasteiger partial charge on any atom is 0.136 e. The van der Waals surface area contributed by atoms with E-state index in [0.717, 1.165) is 55.7 Å². The minimum Gasteiger partial charge on any atom is -0.382 e. The molecule has 0 aromatic carbocycles. The third-order valence-electron chi connectivity index (χ3n) is 3.41. The molecular formula is C15H26N4O. The van der Waals surface area contributed by atoms with Gasteiger partial charge in [-0.25, -0.2) is 9.97 Å². The molecule has 1 saturated carbocycles. The zero-order valence-electron chi connectivity index (χ0n) is 12.8. The first-order chi connectivity index (χ1) is 9.76. The Morgan fingerprint density at radius 1 is 1.15 bits per heavy atom. The first-order valence-corrected chi connectivity index (χ1v) is 7.70. The van der Waals surface area contributed by atoms with Crippen molar-refractivity contribution in [2.75, 3.05) is 36.9 Å². The van der Waals surface area contributed by atoms with Crippen molar-refractivity contribution in [1.82, 2.24) is 9.97 Å². The number of nitrogens with one attached hydrogen (secondary N) is 2. The summed E-state index contributed by atoms with van der Waals surface area (Å²) in [4.78, 5) is 9.35. The summed E-state index contributed by atoms with van der Waals surface area (Å²) in [5.74, 6) is 3.49. The van der Waals surface area contributed by atoms with E-state index >= 15 is 0 Å². The molecule has 2 rings (SSSR count). The molecule has 5 nitrogen and oxygen atoms in total. The average molecular weight is 278 g/mol. The molecule has 0 spiro atoms. The monoisotopic (exact) mass is 278 g/mol. The van der Waals surface area contributed by atoms with Crippen molar-refractivity contribution in [2.24, 2.45) is 0 Å². The highest BCUT2D eigenvalue weighted by molar-refractivity contribution is 5.57. The van der Waals surface area contributed by atoms with Crippen molar-refractivity contribution in [1.29, 1.82) is 0 Å². The van der Waals surface area contributed by atoms with E-state index in [9.17, 15) is 0 Å². The summed E-state index contributed by atoms with van der Waals surface area (Å²) in [6.07, 6.45) is 3.43. The second-order valence-corrected chi connectivity index (χ2v) is 5.19. The van der Waals surface area contributed by atoms with Gasteiger partial charge in [-0.15, -0.1) is 0 Å². The lowest BCUT2D eigenvalue weighted by molar-refractivity contribution is 0.147. The lowest BCUT2D eigenvalue weighted by atomic mass is 10.2. The molecule has 20 heavy (non-hydrogen) atoms. The third kappa shape index (κ3) is 4.07. The highest BCUT2D eigenvalue weighted by Crippen LogP contribution is 2.39. The molecule has 1 aromatic heterocycles. The van der Waals surface area contributed by atoms with Crippen molar-refractivity contribution < 1.29 is 4.74 Å². The maximum absolute atomic E-state index is 5.35. The van der Waals surface area contributed by atoms with Crippen molar-refractivity contribution >= 4 is 11.6 Å². The first-order valence-electron chi connectivity index (χ1n) is 7.70. The second kappa shape index (κ2) is 7.43. The van der Waals surface area contributed by atoms with Crippen LogP contribution in [-0.4, -0.2) is 36.3 Å². The molecule has 1 aromatic rings. The van der Waals surface area contributed by atoms with Gasteiger partial charge in [-0.1, -0.05) is 0 Å². The summed E-state index contributed by atoms with van der Waals surface area (Å²) in [6.45, 7) is 9.52. The van der Waals surface area contributed by atoms with Crippen LogP contribution in [0.1, 0.15) is 50.4 Å². The normalized spacial score (nSPS) is 14.3. The van der Waals surface area contributed by atoms with E-state index in [-0.39, 0.29) is 0 Å². The fraction of sp³-hybridized carbons (Fsp3) is 0.733. The molecule has 0 atom stereocenters. The van der Waals surface area contributed by atoms with Crippen molar-refractivity contribution in [3.05, 3.63) is 11.4 Å². The van der Waals surface area contributed by atoms with E-state index < -0.39 is 0 Å². The highest BCUT2D eigenvalue weighted by atomic mass is 16.5. The number of nitrogens with zero attached hydrogens (tertiary/aromatic N) is 2. The summed E-state index contributed by atoms with van der Waals surface area (Å²) in [6, 6.07) is 0. The van der Waals surface area contributed by atoms with Gasteiger partial charge < -0.3 is 15.4 Å². The topological polar surface area (TPSA) is 59.1 Å². The largest absolute Gasteiger partial charge is 0.382 e. The third-order valence-corrected chi connectivity index (χ3v) is 3.41. The quantitative estimate of drug-likeness (QED) is 0.680. The molecule has 1 fully saturated rings. The highest BCUT2D eigenvalue weighted by Gasteiger charge is 2.28. The Morgan fingerprint density at radius 2 is 1.85 bits per heavy atom. The number of hydrogen-bond acceptors (Lipinski definition) is 5. The van der Waals surface area contributed by atoms with E-state index in [4.69, 9.17) is 9.72 Å². The predicted octanol–water partition coefficient (Wildman–Crippen LogP) is 2.93. The van der Waals surface area contributed by atoms with Gasteiger partial charge in [0.15, 0.2) is 0 Å². The molecule has 5 heteroatoms. The predicted molar refractivity (Wildman–Crippen MR) is 82.5 cm³/mol. The van der Waals surface area contributed by atoms with Gasteiger partial charge in [0.1, 0.15) is 17.5 Å². The summed E-state index contributed by atoms with van der Waals surface area (Å²) in [5.41, 5.74) is 1.10. The van der Waals surface area contributed by atoms with Gasteiger partial charge in [-0.2, -0.15) is 0 Å². The van der Waals surface area contributed by atoms with E-state index in [1.165, 1.54) is 12.8 Å². The Kier molecular flexibility index (Phi) is 5.59. The maximum atomic E-state index is 5.35. The zero-order chi connectivity index (χ0) is 14.4. The minimum atomic E-state index is 0.567. The molecule has 0 amide bonds. The van der Waals surface area contributed by atoms with E-state index in [2.05, 4.69) is 29.5 Å². The number of ether oxygens (including phenoxy) is 1. The molecule has 1 heterocycles. The van der Waals surface area contributed by atoms with Crippen molar-refractivity contribution in [2.45, 2.75) is 46.0 Å². The number of aromatic nitrogens is 2. The summed E-state index contributed by atoms with van der Waals surface area (Å²) in [5, 5.41) is 6.76. The Morgan fingerprint density at radius 3 is 2.45 bits per heavy atom. The standard InChI is InChI=1S/C15H26N4O/c1-4-16-13-11(3)14(17-9-6-10-20-5-2)19-15(18-13)12-7-8-12/h12H,4-10H2,1-3H3,(H2,16,17,18,19). The van der Waals surface area contributed by atoms with Crippen LogP contribution in [0.3, 0.4) is 0 Å². The van der Waals surface area contributed by atoms with Crippen LogP contribution in [0.2, 0.25) is 0 Å². The number of hydrogen-bond donors (Lipinski definition) is 2. The molecule has 0 aliphatic heterocycles. The zero-order valence-corrected chi connectivity index (χ0v) is 12.8. The van der Waals surface area contributed by atoms with Gasteiger partial charge >= 0.3 is 0 Å². The van der Waals surface area contributed by atoms with Gasteiger partial charge in [0.2, 0.25) is 0 Å². The smallest absolute Gasteiger partial charge is 0.136 e. The van der Waals surface area contributed by atoms with E-state index in [1.54, 1.807) is 0 Å². The van der Waals surface area contributed by atoms with Gasteiger partial charge in [-0.3, -0.25) is 0 Å². The molecule has 112 valence electrons. The Labute approximate surface area is 121 Å². The molecule has 0 unspecified atom stereocenters. The number of anilines is 2. The van der Waals surface area contributed by atoms with Crippen molar-refractivity contribution in [3.63, 3.8) is 0 Å². The Bertz CT molecular complexity index is 432. The minimum absolute atomic E-state index is 0.567. The van der Waals surface area contributed by atoms with Gasteiger partial charge in [0.25, 0.3) is 0 Å². The average Bonchev–Trinajstić information content (AvgIpc) is 3.27. The van der Waals surface area contributed by atoms with Crippen molar-refractivity contribution in [3.8, 4) is 0 Å². The van der Waals surface area contributed by atoms with Crippen LogP contribution >= 0.6 is 0 Å². The molecule has 0 bridgehead atoms. The molecule has 0 saturated heterocycles. The molecule has 1 aliphatic rings. The summed E-state index contributed by atoms with van der Waals surface area (Å²) in [7, 11) is 0. The second-order valence-electron chi connectivity index (χ2n) is 5.19. The lowest BCUT2D eigenvalue weighted by Crippen LogP contribution is -2.12. The molecular weight excluding hydrogens is 252 g/mol. The molecule has 2 N–H and O–H groups in total. The van der Waals surface area contributed by atoms with Crippen LogP contribution in [0.25, 0.3) is 0 Å². The summed E-state index contributed by atoms with van der Waals surface area (Å²) < 4.78 is 5.35. The molecule has 0 radical (unpaired) electrons. The number of rotatable bonds is 9. The van der Waals surface area contributed by atoms with Crippen LogP contribution in [0, 0.1) is 6.92 Å². The van der Waals surface area contributed by atoms with Crippen LogP contribution in [0.5, 0.6) is 0 Å². The fourth-order valence-electron chi connectivity index (χ4n) is 2.10. The molecule has 1 aliphatic carbocycles. The summed E-state index contributed by atoms with van der Waals surface area (Å²) >= 11 is 0. The Balaban J connectivity index is 2.01. The Hall–Kier alpha value is -1.36. The fourth-order valence-corrected chi connectivity index (χ4v) is 2.10. The van der Waals surface area contributed by atoms with Gasteiger partial charge in [0.05, 0.1) is 0 Å². The SMILES string of the molecule is CCNc1nc(C2CC2)nc(NCCCOCC)c1C. The van der Waals surface area contributed by atoms with Gasteiger partial charge in [-0.05, 0) is 40.0 Å². The van der Waals surface area contributed by atoms with E-state index in [1.807, 2.05) is 6.92 Å². The lowest BCUT2D eigenvalue weighted by Gasteiger charge is -2.14. The van der Waals surface area contributed by atoms with E-state index in [0.29, 0.717) is 5.92 Å².